The van der Waals surface area contributed by atoms with Crippen molar-refractivity contribution < 1.29 is 19.1 Å². The predicted molar refractivity (Wildman–Crippen MR) is 74.3 cm³/mol. The number of ether oxygens (including phenoxy) is 1. The minimum atomic E-state index is -0.736. The van der Waals surface area contributed by atoms with Gasteiger partial charge in [-0.05, 0) is 19.1 Å². The van der Waals surface area contributed by atoms with Crippen LogP contribution in [-0.2, 0) is 19.1 Å². The summed E-state index contributed by atoms with van der Waals surface area (Å²) < 4.78 is 4.98. The Labute approximate surface area is 122 Å². The molecule has 0 aliphatic carbocycles. The molecule has 6 nitrogen and oxygen atoms in total. The summed E-state index contributed by atoms with van der Waals surface area (Å²) >= 11 is 0. The van der Waals surface area contributed by atoms with E-state index in [4.69, 9.17) is 4.74 Å². The first-order valence-electron chi connectivity index (χ1n) is 6.98. The Bertz CT molecular complexity index is 587. The topological polar surface area (TPSA) is 75.7 Å². The molecule has 6 heteroatoms. The van der Waals surface area contributed by atoms with Crippen LogP contribution in [0.15, 0.2) is 30.3 Å². The SMILES string of the molecule is CCOC(=O)[C@@H]1NC[C@H]2C(=O)N(c3ccccc3)C(=O)[C@H]21. The van der Waals surface area contributed by atoms with Crippen LogP contribution in [0.2, 0.25) is 0 Å². The van der Waals surface area contributed by atoms with Crippen molar-refractivity contribution in [2.24, 2.45) is 11.8 Å². The molecule has 2 fully saturated rings. The van der Waals surface area contributed by atoms with E-state index in [-0.39, 0.29) is 18.4 Å². The maximum Gasteiger partial charge on any atom is 0.323 e. The van der Waals surface area contributed by atoms with Crippen molar-refractivity contribution >= 4 is 23.5 Å². The number of nitrogens with one attached hydrogen (secondary N) is 1. The lowest BCUT2D eigenvalue weighted by Gasteiger charge is -2.18. The predicted octanol–water partition coefficient (Wildman–Crippen LogP) is 0.327. The number of fused-ring (bicyclic) bond motifs is 1. The summed E-state index contributed by atoms with van der Waals surface area (Å²) in [6, 6.07) is 8.04. The number of benzene rings is 1. The summed E-state index contributed by atoms with van der Waals surface area (Å²) in [5.74, 6) is -2.22. The lowest BCUT2D eigenvalue weighted by atomic mass is 9.93. The molecule has 3 atom stereocenters. The van der Waals surface area contributed by atoms with Crippen LogP contribution >= 0.6 is 0 Å². The highest BCUT2D eigenvalue weighted by Crippen LogP contribution is 2.36. The van der Waals surface area contributed by atoms with Gasteiger partial charge >= 0.3 is 5.97 Å². The third kappa shape index (κ3) is 2.12. The van der Waals surface area contributed by atoms with Gasteiger partial charge in [-0.3, -0.25) is 14.4 Å². The van der Waals surface area contributed by atoms with E-state index in [0.717, 1.165) is 0 Å². The Hall–Kier alpha value is -2.21. The number of carbonyl (C=O) groups is 3. The zero-order chi connectivity index (χ0) is 15.0. The van der Waals surface area contributed by atoms with Gasteiger partial charge in [-0.2, -0.15) is 0 Å². The van der Waals surface area contributed by atoms with Gasteiger partial charge in [-0.15, -0.1) is 0 Å². The van der Waals surface area contributed by atoms with Crippen LogP contribution in [-0.4, -0.2) is 37.0 Å². The third-order valence-corrected chi connectivity index (χ3v) is 3.95. The second kappa shape index (κ2) is 5.29. The highest BCUT2D eigenvalue weighted by Gasteiger charge is 2.57. The molecule has 1 N–H and O–H groups in total. The van der Waals surface area contributed by atoms with Crippen molar-refractivity contribution in [2.75, 3.05) is 18.1 Å². The maximum absolute atomic E-state index is 12.6. The van der Waals surface area contributed by atoms with Crippen LogP contribution in [0.3, 0.4) is 0 Å². The van der Waals surface area contributed by atoms with Crippen LogP contribution in [0.25, 0.3) is 0 Å². The minimum absolute atomic E-state index is 0.249. The van der Waals surface area contributed by atoms with Crippen LogP contribution in [0.5, 0.6) is 0 Å². The second-order valence-corrected chi connectivity index (χ2v) is 5.12. The summed E-state index contributed by atoms with van der Waals surface area (Å²) in [6.45, 7) is 2.28. The van der Waals surface area contributed by atoms with E-state index in [9.17, 15) is 14.4 Å². The van der Waals surface area contributed by atoms with Gasteiger partial charge in [0.1, 0.15) is 6.04 Å². The Kier molecular flexibility index (Phi) is 3.47. The summed E-state index contributed by atoms with van der Waals surface area (Å²) in [5.41, 5.74) is 0.546. The molecular weight excluding hydrogens is 272 g/mol. The number of hydrogen-bond donors (Lipinski definition) is 1. The average molecular weight is 288 g/mol. The highest BCUT2D eigenvalue weighted by atomic mass is 16.5. The molecule has 110 valence electrons. The van der Waals surface area contributed by atoms with Gasteiger partial charge in [0.25, 0.3) is 0 Å². The average Bonchev–Trinajstić information content (AvgIpc) is 3.02. The highest BCUT2D eigenvalue weighted by molar-refractivity contribution is 6.23. The van der Waals surface area contributed by atoms with Gasteiger partial charge in [0, 0.05) is 6.54 Å². The Morgan fingerprint density at radius 2 is 2.00 bits per heavy atom. The number of para-hydroxylation sites is 1. The molecule has 2 aliphatic heterocycles. The van der Waals surface area contributed by atoms with Crippen LogP contribution in [0, 0.1) is 11.8 Å². The molecule has 0 saturated carbocycles. The third-order valence-electron chi connectivity index (χ3n) is 3.95. The van der Waals surface area contributed by atoms with Crippen molar-refractivity contribution in [2.45, 2.75) is 13.0 Å². The Morgan fingerprint density at radius 3 is 2.67 bits per heavy atom. The minimum Gasteiger partial charge on any atom is -0.465 e. The quantitative estimate of drug-likeness (QED) is 0.640. The number of rotatable bonds is 3. The van der Waals surface area contributed by atoms with E-state index >= 15 is 0 Å². The molecule has 1 aromatic carbocycles. The normalized spacial score (nSPS) is 27.9. The number of imide groups is 1. The standard InChI is InChI=1S/C15H16N2O4/c1-2-21-15(20)12-11-10(8-16-12)13(18)17(14(11)19)9-6-4-3-5-7-9/h3-7,10-12,16H,2,8H2,1H3/t10-,11-,12-/m1/s1. The van der Waals surface area contributed by atoms with E-state index in [1.165, 1.54) is 4.90 Å². The number of carbonyl (C=O) groups excluding carboxylic acids is 3. The number of amides is 2. The fourth-order valence-corrected chi connectivity index (χ4v) is 3.01. The summed E-state index contributed by atoms with van der Waals surface area (Å²) in [6.07, 6.45) is 0. The summed E-state index contributed by atoms with van der Waals surface area (Å²) in [5, 5.41) is 2.93. The second-order valence-electron chi connectivity index (χ2n) is 5.12. The molecule has 2 heterocycles. The smallest absolute Gasteiger partial charge is 0.323 e. The molecule has 0 unspecified atom stereocenters. The van der Waals surface area contributed by atoms with E-state index in [0.29, 0.717) is 12.2 Å². The van der Waals surface area contributed by atoms with E-state index in [1.54, 1.807) is 31.2 Å². The lowest BCUT2D eigenvalue weighted by molar-refractivity contribution is -0.147. The number of anilines is 1. The number of esters is 1. The molecule has 21 heavy (non-hydrogen) atoms. The van der Waals surface area contributed by atoms with Crippen molar-refractivity contribution in [3.63, 3.8) is 0 Å². The van der Waals surface area contributed by atoms with E-state index in [2.05, 4.69) is 5.32 Å². The first kappa shape index (κ1) is 13.8. The van der Waals surface area contributed by atoms with Crippen LogP contribution in [0.1, 0.15) is 6.92 Å². The first-order valence-corrected chi connectivity index (χ1v) is 6.98. The van der Waals surface area contributed by atoms with Crippen molar-refractivity contribution in [1.29, 1.82) is 0 Å². The molecule has 0 spiro atoms. The van der Waals surface area contributed by atoms with Gasteiger partial charge in [-0.25, -0.2) is 4.90 Å². The van der Waals surface area contributed by atoms with Crippen LogP contribution < -0.4 is 10.2 Å². The molecule has 0 radical (unpaired) electrons. The molecule has 2 aliphatic rings. The fraction of sp³-hybridized carbons (Fsp3) is 0.400. The zero-order valence-electron chi connectivity index (χ0n) is 11.6. The van der Waals surface area contributed by atoms with Crippen molar-refractivity contribution in [3.8, 4) is 0 Å². The fourth-order valence-electron chi connectivity index (χ4n) is 3.01. The molecule has 3 rings (SSSR count). The summed E-state index contributed by atoms with van der Waals surface area (Å²) in [4.78, 5) is 38.1. The molecule has 2 saturated heterocycles. The van der Waals surface area contributed by atoms with E-state index in [1.807, 2.05) is 6.07 Å². The Balaban J connectivity index is 1.89. The number of hydrogen-bond acceptors (Lipinski definition) is 5. The zero-order valence-corrected chi connectivity index (χ0v) is 11.6. The van der Waals surface area contributed by atoms with Crippen molar-refractivity contribution in [1.82, 2.24) is 5.32 Å². The van der Waals surface area contributed by atoms with Crippen molar-refractivity contribution in [3.05, 3.63) is 30.3 Å². The van der Waals surface area contributed by atoms with Crippen LogP contribution in [0.4, 0.5) is 5.69 Å². The molecule has 2 amide bonds. The van der Waals surface area contributed by atoms with Gasteiger partial charge < -0.3 is 10.1 Å². The molecular formula is C15H16N2O4. The van der Waals surface area contributed by atoms with Gasteiger partial charge in [0.05, 0.1) is 24.1 Å². The lowest BCUT2D eigenvalue weighted by Crippen LogP contribution is -2.43. The monoisotopic (exact) mass is 288 g/mol. The summed E-state index contributed by atoms with van der Waals surface area (Å²) in [7, 11) is 0. The largest absolute Gasteiger partial charge is 0.465 e. The van der Waals surface area contributed by atoms with E-state index < -0.39 is 23.8 Å². The first-order chi connectivity index (χ1) is 10.1. The van der Waals surface area contributed by atoms with Gasteiger partial charge in [0.15, 0.2) is 0 Å². The van der Waals surface area contributed by atoms with Gasteiger partial charge in [-0.1, -0.05) is 18.2 Å². The molecule has 0 bridgehead atoms. The molecule has 0 aromatic heterocycles. The maximum atomic E-state index is 12.6. The Morgan fingerprint density at radius 1 is 1.29 bits per heavy atom. The molecule has 1 aromatic rings. The van der Waals surface area contributed by atoms with Gasteiger partial charge in [0.2, 0.25) is 11.8 Å². The number of nitrogens with zero attached hydrogens (tertiary/aromatic N) is 1.